The summed E-state index contributed by atoms with van der Waals surface area (Å²) in [5.74, 6) is 1.27. The summed E-state index contributed by atoms with van der Waals surface area (Å²) in [6.07, 6.45) is 3.69. The van der Waals surface area contributed by atoms with Crippen molar-refractivity contribution in [2.24, 2.45) is 0 Å². The second kappa shape index (κ2) is 10.4. The molecule has 43 heavy (non-hydrogen) atoms. The molecule has 0 radical (unpaired) electrons. The van der Waals surface area contributed by atoms with E-state index >= 15 is 0 Å². The molecular weight excluding hydrogens is 528 g/mol. The molecule has 0 fully saturated rings. The molecule has 8 rings (SSSR count). The predicted octanol–water partition coefficient (Wildman–Crippen LogP) is 8.43. The monoisotopic (exact) mass is 552 g/mol. The molecule has 0 saturated heterocycles. The van der Waals surface area contributed by atoms with Crippen LogP contribution in [0.2, 0.25) is 0 Å². The van der Waals surface area contributed by atoms with Crippen LogP contribution in [0, 0.1) is 0 Å². The number of fused-ring (bicyclic) bond motifs is 3. The molecule has 0 atom stereocenters. The quantitative estimate of drug-likeness (QED) is 0.200. The molecule has 4 aromatic heterocycles. The molecular formula is C37H24N6. The lowest BCUT2D eigenvalue weighted by Crippen LogP contribution is -2.02. The van der Waals surface area contributed by atoms with Gasteiger partial charge in [-0.3, -0.25) is 14.5 Å². The standard InChI is InChI=1S/C37H24N6/c1-2-12-27(13-3-1)43-36(41-42-37(43)35-19-10-18-33(40-35)32-17-8-9-22-38-32)34-21-20-26(24-39-34)31-23-25-11-4-5-14-28(25)29-15-6-7-16-30(29)31/h1-24H. The second-order valence-electron chi connectivity index (χ2n) is 10.3. The Morgan fingerprint density at radius 3 is 1.95 bits per heavy atom. The van der Waals surface area contributed by atoms with Crippen molar-refractivity contribution in [2.75, 3.05) is 0 Å². The highest BCUT2D eigenvalue weighted by Gasteiger charge is 2.20. The molecule has 8 aromatic rings. The lowest BCUT2D eigenvalue weighted by atomic mass is 9.94. The zero-order chi connectivity index (χ0) is 28.6. The third kappa shape index (κ3) is 4.42. The summed E-state index contributed by atoms with van der Waals surface area (Å²) < 4.78 is 2.01. The Morgan fingerprint density at radius 1 is 0.465 bits per heavy atom. The molecule has 0 saturated carbocycles. The van der Waals surface area contributed by atoms with Crippen LogP contribution in [0.15, 0.2) is 146 Å². The van der Waals surface area contributed by atoms with E-state index in [1.807, 2.05) is 83.6 Å². The second-order valence-corrected chi connectivity index (χ2v) is 10.3. The summed E-state index contributed by atoms with van der Waals surface area (Å²) >= 11 is 0. The van der Waals surface area contributed by atoms with Gasteiger partial charge in [0.25, 0.3) is 0 Å². The molecule has 0 N–H and O–H groups in total. The molecule has 4 aromatic carbocycles. The van der Waals surface area contributed by atoms with E-state index in [-0.39, 0.29) is 0 Å². The van der Waals surface area contributed by atoms with E-state index in [0.717, 1.165) is 33.9 Å². The molecule has 4 heterocycles. The number of rotatable bonds is 5. The van der Waals surface area contributed by atoms with Crippen LogP contribution in [0.25, 0.3) is 72.8 Å². The average Bonchev–Trinajstić information content (AvgIpc) is 3.54. The Kier molecular flexibility index (Phi) is 6.01. The number of hydrogen-bond donors (Lipinski definition) is 0. The van der Waals surface area contributed by atoms with Gasteiger partial charge in [0.2, 0.25) is 0 Å². The Labute approximate surface area is 248 Å². The Bertz CT molecular complexity index is 2220. The fourth-order valence-electron chi connectivity index (χ4n) is 5.63. The van der Waals surface area contributed by atoms with E-state index in [4.69, 9.17) is 9.97 Å². The van der Waals surface area contributed by atoms with Crippen molar-refractivity contribution in [3.05, 3.63) is 146 Å². The molecule has 0 spiro atoms. The van der Waals surface area contributed by atoms with Crippen molar-refractivity contribution in [1.29, 1.82) is 0 Å². The number of para-hydroxylation sites is 1. The zero-order valence-electron chi connectivity index (χ0n) is 23.0. The van der Waals surface area contributed by atoms with Crippen molar-refractivity contribution in [1.82, 2.24) is 29.7 Å². The fourth-order valence-corrected chi connectivity index (χ4v) is 5.63. The van der Waals surface area contributed by atoms with E-state index < -0.39 is 0 Å². The van der Waals surface area contributed by atoms with Gasteiger partial charge < -0.3 is 0 Å². The topological polar surface area (TPSA) is 69.4 Å². The minimum absolute atomic E-state index is 0.630. The minimum atomic E-state index is 0.630. The summed E-state index contributed by atoms with van der Waals surface area (Å²) in [5, 5.41) is 14.1. The molecule has 0 unspecified atom stereocenters. The van der Waals surface area contributed by atoms with Crippen molar-refractivity contribution >= 4 is 21.5 Å². The lowest BCUT2D eigenvalue weighted by molar-refractivity contribution is 1.05. The van der Waals surface area contributed by atoms with Gasteiger partial charge in [-0.1, -0.05) is 84.9 Å². The van der Waals surface area contributed by atoms with Gasteiger partial charge in [-0.25, -0.2) is 4.98 Å². The maximum absolute atomic E-state index is 4.92. The summed E-state index contributed by atoms with van der Waals surface area (Å²) in [5.41, 5.74) is 6.10. The highest BCUT2D eigenvalue weighted by molar-refractivity contribution is 6.13. The smallest absolute Gasteiger partial charge is 0.187 e. The van der Waals surface area contributed by atoms with Crippen LogP contribution >= 0.6 is 0 Å². The molecule has 202 valence electrons. The van der Waals surface area contributed by atoms with Gasteiger partial charge in [0.05, 0.1) is 11.4 Å². The van der Waals surface area contributed by atoms with Gasteiger partial charge in [-0.15, -0.1) is 10.2 Å². The van der Waals surface area contributed by atoms with Crippen LogP contribution in [-0.2, 0) is 0 Å². The summed E-state index contributed by atoms with van der Waals surface area (Å²) in [6, 6.07) is 45.2. The van der Waals surface area contributed by atoms with Gasteiger partial charge in [-0.05, 0) is 75.6 Å². The zero-order valence-corrected chi connectivity index (χ0v) is 23.0. The van der Waals surface area contributed by atoms with Crippen LogP contribution in [0.3, 0.4) is 0 Å². The van der Waals surface area contributed by atoms with E-state index in [9.17, 15) is 0 Å². The minimum Gasteiger partial charge on any atom is -0.272 e. The largest absolute Gasteiger partial charge is 0.272 e. The fraction of sp³-hybridized carbons (Fsp3) is 0. The predicted molar refractivity (Wildman–Crippen MR) is 171 cm³/mol. The van der Waals surface area contributed by atoms with Crippen molar-refractivity contribution < 1.29 is 0 Å². The van der Waals surface area contributed by atoms with Crippen molar-refractivity contribution in [3.8, 4) is 51.2 Å². The Morgan fingerprint density at radius 2 is 1.16 bits per heavy atom. The van der Waals surface area contributed by atoms with E-state index in [2.05, 4.69) is 75.8 Å². The van der Waals surface area contributed by atoms with E-state index in [1.54, 1.807) is 6.20 Å². The first-order valence-corrected chi connectivity index (χ1v) is 14.1. The van der Waals surface area contributed by atoms with Gasteiger partial charge in [0.1, 0.15) is 11.4 Å². The summed E-state index contributed by atoms with van der Waals surface area (Å²) in [4.78, 5) is 14.3. The highest BCUT2D eigenvalue weighted by atomic mass is 15.3. The number of nitrogens with zero attached hydrogens (tertiary/aromatic N) is 6. The third-order valence-electron chi connectivity index (χ3n) is 7.65. The molecule has 6 nitrogen and oxygen atoms in total. The van der Waals surface area contributed by atoms with Gasteiger partial charge in [0.15, 0.2) is 11.6 Å². The molecule has 0 aliphatic heterocycles. The van der Waals surface area contributed by atoms with Crippen LogP contribution in [0.1, 0.15) is 0 Å². The summed E-state index contributed by atoms with van der Waals surface area (Å²) in [7, 11) is 0. The van der Waals surface area contributed by atoms with E-state index in [0.29, 0.717) is 17.3 Å². The highest BCUT2D eigenvalue weighted by Crippen LogP contribution is 2.35. The maximum atomic E-state index is 4.92. The molecule has 0 aliphatic rings. The number of aromatic nitrogens is 6. The first-order valence-electron chi connectivity index (χ1n) is 14.1. The normalized spacial score (nSPS) is 11.3. The number of pyridine rings is 3. The molecule has 6 heteroatoms. The first kappa shape index (κ1) is 24.8. The van der Waals surface area contributed by atoms with Crippen LogP contribution < -0.4 is 0 Å². The third-order valence-corrected chi connectivity index (χ3v) is 7.65. The van der Waals surface area contributed by atoms with Crippen LogP contribution in [-0.4, -0.2) is 29.7 Å². The lowest BCUT2D eigenvalue weighted by Gasteiger charge is -2.12. The van der Waals surface area contributed by atoms with Gasteiger partial charge in [0, 0.05) is 23.6 Å². The first-order chi connectivity index (χ1) is 21.3. The Balaban J connectivity index is 1.25. The number of hydrogen-bond acceptors (Lipinski definition) is 5. The van der Waals surface area contributed by atoms with Crippen molar-refractivity contribution in [2.45, 2.75) is 0 Å². The number of benzene rings is 4. The van der Waals surface area contributed by atoms with E-state index in [1.165, 1.54) is 21.5 Å². The van der Waals surface area contributed by atoms with Gasteiger partial charge in [-0.2, -0.15) is 0 Å². The molecule has 0 aliphatic carbocycles. The Hall–Kier alpha value is -6.01. The van der Waals surface area contributed by atoms with Gasteiger partial charge >= 0.3 is 0 Å². The molecule has 0 amide bonds. The maximum Gasteiger partial charge on any atom is 0.187 e. The van der Waals surface area contributed by atoms with Crippen LogP contribution in [0.4, 0.5) is 0 Å². The average molecular weight is 553 g/mol. The van der Waals surface area contributed by atoms with Crippen molar-refractivity contribution in [3.63, 3.8) is 0 Å². The molecule has 0 bridgehead atoms. The summed E-state index contributed by atoms with van der Waals surface area (Å²) in [6.45, 7) is 0. The van der Waals surface area contributed by atoms with Crippen LogP contribution in [0.5, 0.6) is 0 Å². The SMILES string of the molecule is c1ccc(-n2c(-c3ccc(-c4cc5ccccc5c5ccccc45)cn3)nnc2-c2cccc(-c3ccccn3)n2)cc1.